The monoisotopic (exact) mass is 423 g/mol. The summed E-state index contributed by atoms with van der Waals surface area (Å²) in [6.45, 7) is 4.43. The highest BCUT2D eigenvalue weighted by molar-refractivity contribution is 7.89. The molecule has 1 amide bonds. The Labute approximate surface area is 169 Å². The van der Waals surface area contributed by atoms with Crippen molar-refractivity contribution in [1.29, 1.82) is 0 Å². The molecule has 10 heteroatoms. The van der Waals surface area contributed by atoms with Gasteiger partial charge in [0.05, 0.1) is 15.6 Å². The third-order valence-electron chi connectivity index (χ3n) is 4.71. The quantitative estimate of drug-likeness (QED) is 0.700. The molecule has 3 rings (SSSR count). The Balaban J connectivity index is 1.77. The number of hydrogen-bond donors (Lipinski definition) is 2. The number of nitrogens with two attached hydrogens (primary N) is 1. The number of sulfonamides is 1. The molecule has 152 valence electrons. The minimum atomic E-state index is -3.90. The van der Waals surface area contributed by atoms with E-state index in [4.69, 9.17) is 5.73 Å². The molecule has 0 saturated carbocycles. The summed E-state index contributed by atoms with van der Waals surface area (Å²) in [5.41, 5.74) is 7.16. The number of aryl methyl sites for hydroxylation is 1. The van der Waals surface area contributed by atoms with Gasteiger partial charge in [-0.2, -0.15) is 4.72 Å². The van der Waals surface area contributed by atoms with E-state index in [1.807, 2.05) is 25.4 Å². The van der Waals surface area contributed by atoms with Crippen LogP contribution in [0.1, 0.15) is 5.01 Å². The van der Waals surface area contributed by atoms with Gasteiger partial charge in [-0.25, -0.2) is 13.4 Å². The number of likely N-dealkylation sites (N-methyl/N-ethyl adjacent to an activating group) is 1. The number of amides is 1. The zero-order valence-corrected chi connectivity index (χ0v) is 17.6. The van der Waals surface area contributed by atoms with Crippen LogP contribution in [0.5, 0.6) is 0 Å². The number of nitrogens with zero attached hydrogens (tertiary/aromatic N) is 3. The first-order valence-electron chi connectivity index (χ1n) is 9.02. The van der Waals surface area contributed by atoms with Crippen LogP contribution in [0, 0.1) is 6.92 Å². The first-order chi connectivity index (χ1) is 13.3. The third kappa shape index (κ3) is 4.76. The highest BCUT2D eigenvalue weighted by atomic mass is 32.2. The van der Waals surface area contributed by atoms with Crippen LogP contribution in [-0.4, -0.2) is 74.9 Å². The maximum atomic E-state index is 12.9. The second kappa shape index (κ2) is 8.66. The average Bonchev–Trinajstić information content (AvgIpc) is 3.13. The van der Waals surface area contributed by atoms with Gasteiger partial charge in [0.2, 0.25) is 15.9 Å². The van der Waals surface area contributed by atoms with Gasteiger partial charge in [0.15, 0.2) is 0 Å². The SMILES string of the molecule is Cc1nc(-c2cccc(S(=O)(=O)N[C@@H](CN)C(=O)N3CCN(C)CC3)c2)cs1. The maximum Gasteiger partial charge on any atom is 0.242 e. The molecule has 28 heavy (non-hydrogen) atoms. The second-order valence-electron chi connectivity index (χ2n) is 6.82. The summed E-state index contributed by atoms with van der Waals surface area (Å²) in [4.78, 5) is 21.0. The first-order valence-corrected chi connectivity index (χ1v) is 11.4. The molecular weight excluding hydrogens is 398 g/mol. The van der Waals surface area contributed by atoms with Crippen LogP contribution in [0.25, 0.3) is 11.3 Å². The van der Waals surface area contributed by atoms with Crippen molar-refractivity contribution < 1.29 is 13.2 Å². The molecule has 8 nitrogen and oxygen atoms in total. The number of carbonyl (C=O) groups is 1. The lowest BCUT2D eigenvalue weighted by atomic mass is 10.2. The van der Waals surface area contributed by atoms with Gasteiger partial charge in [0.25, 0.3) is 0 Å². The van der Waals surface area contributed by atoms with Crippen molar-refractivity contribution in [3.63, 3.8) is 0 Å². The number of carbonyl (C=O) groups excluding carboxylic acids is 1. The highest BCUT2D eigenvalue weighted by Gasteiger charge is 2.30. The number of nitrogens with one attached hydrogen (secondary N) is 1. The number of rotatable bonds is 6. The van der Waals surface area contributed by atoms with Crippen molar-refractivity contribution in [2.75, 3.05) is 39.8 Å². The van der Waals surface area contributed by atoms with Gasteiger partial charge in [-0.1, -0.05) is 12.1 Å². The zero-order valence-electron chi connectivity index (χ0n) is 16.0. The molecule has 1 atom stereocenters. The molecule has 0 aliphatic carbocycles. The van der Waals surface area contributed by atoms with Gasteiger partial charge in [0, 0.05) is 43.7 Å². The van der Waals surface area contributed by atoms with Crippen LogP contribution in [0.3, 0.4) is 0 Å². The number of thiazole rings is 1. The van der Waals surface area contributed by atoms with E-state index in [2.05, 4.69) is 14.6 Å². The van der Waals surface area contributed by atoms with Crippen LogP contribution >= 0.6 is 11.3 Å². The van der Waals surface area contributed by atoms with Crippen molar-refractivity contribution in [2.24, 2.45) is 5.73 Å². The molecule has 0 radical (unpaired) electrons. The lowest BCUT2D eigenvalue weighted by Crippen LogP contribution is -2.56. The van der Waals surface area contributed by atoms with E-state index < -0.39 is 16.1 Å². The molecule has 0 bridgehead atoms. The normalized spacial score (nSPS) is 16.9. The maximum absolute atomic E-state index is 12.9. The number of hydrogen-bond acceptors (Lipinski definition) is 7. The van der Waals surface area contributed by atoms with Crippen LogP contribution in [-0.2, 0) is 14.8 Å². The van der Waals surface area contributed by atoms with Crippen LogP contribution < -0.4 is 10.5 Å². The molecule has 1 aromatic heterocycles. The van der Waals surface area contributed by atoms with Crippen LogP contribution in [0.2, 0.25) is 0 Å². The molecule has 1 aliphatic rings. The molecule has 1 aliphatic heterocycles. The second-order valence-corrected chi connectivity index (χ2v) is 9.59. The third-order valence-corrected chi connectivity index (χ3v) is 6.95. The molecular formula is C18H25N5O3S2. The Bertz CT molecular complexity index is 936. The van der Waals surface area contributed by atoms with Crippen molar-refractivity contribution in [1.82, 2.24) is 19.5 Å². The molecule has 1 saturated heterocycles. The van der Waals surface area contributed by atoms with Gasteiger partial charge in [-0.15, -0.1) is 11.3 Å². The summed E-state index contributed by atoms with van der Waals surface area (Å²) >= 11 is 1.50. The van der Waals surface area contributed by atoms with E-state index in [1.165, 1.54) is 17.4 Å². The van der Waals surface area contributed by atoms with Crippen molar-refractivity contribution >= 4 is 27.3 Å². The van der Waals surface area contributed by atoms with Gasteiger partial charge in [0.1, 0.15) is 6.04 Å². The summed E-state index contributed by atoms with van der Waals surface area (Å²) in [6, 6.07) is 5.55. The lowest BCUT2D eigenvalue weighted by molar-refractivity contribution is -0.134. The van der Waals surface area contributed by atoms with Crippen molar-refractivity contribution in [3.05, 3.63) is 34.7 Å². The smallest absolute Gasteiger partial charge is 0.242 e. The topological polar surface area (TPSA) is 109 Å². The molecule has 0 spiro atoms. The highest BCUT2D eigenvalue weighted by Crippen LogP contribution is 2.24. The first kappa shape index (κ1) is 20.9. The van der Waals surface area contributed by atoms with E-state index >= 15 is 0 Å². The minimum Gasteiger partial charge on any atom is -0.339 e. The van der Waals surface area contributed by atoms with Gasteiger partial charge >= 0.3 is 0 Å². The summed E-state index contributed by atoms with van der Waals surface area (Å²) in [5.74, 6) is -0.287. The average molecular weight is 424 g/mol. The Kier molecular flexibility index (Phi) is 6.46. The zero-order chi connectivity index (χ0) is 20.3. The minimum absolute atomic E-state index is 0.0836. The van der Waals surface area contributed by atoms with E-state index in [-0.39, 0.29) is 17.3 Å². The molecule has 0 unspecified atom stereocenters. The lowest BCUT2D eigenvalue weighted by Gasteiger charge is -2.34. The van der Waals surface area contributed by atoms with Gasteiger partial charge in [-0.3, -0.25) is 4.79 Å². The van der Waals surface area contributed by atoms with E-state index in [0.717, 1.165) is 23.8 Å². The van der Waals surface area contributed by atoms with Crippen molar-refractivity contribution in [2.45, 2.75) is 17.9 Å². The summed E-state index contributed by atoms with van der Waals surface area (Å²) in [5, 5.41) is 2.79. The Morgan fingerprint density at radius 2 is 2.04 bits per heavy atom. The van der Waals surface area contributed by atoms with Gasteiger partial charge in [-0.05, 0) is 26.1 Å². The Morgan fingerprint density at radius 1 is 1.32 bits per heavy atom. The summed E-state index contributed by atoms with van der Waals surface area (Å²) in [6.07, 6.45) is 0. The Morgan fingerprint density at radius 3 is 2.64 bits per heavy atom. The van der Waals surface area contributed by atoms with Gasteiger partial charge < -0.3 is 15.5 Å². The van der Waals surface area contributed by atoms with Crippen LogP contribution in [0.15, 0.2) is 34.5 Å². The standard InChI is InChI=1S/C18H25N5O3S2/c1-13-20-17(12-27-13)14-4-3-5-15(10-14)28(25,26)21-16(11-19)18(24)23-8-6-22(2)7-9-23/h3-5,10,12,16,21H,6-9,11,19H2,1-2H3/t16-/m0/s1. The molecule has 3 N–H and O–H groups in total. The number of benzene rings is 1. The fraction of sp³-hybridized carbons (Fsp3) is 0.444. The molecule has 1 fully saturated rings. The summed E-state index contributed by atoms with van der Waals surface area (Å²) in [7, 11) is -1.91. The fourth-order valence-corrected chi connectivity index (χ4v) is 4.89. The van der Waals surface area contributed by atoms with E-state index in [0.29, 0.717) is 18.7 Å². The fourth-order valence-electron chi connectivity index (χ4n) is 3.02. The number of aromatic nitrogens is 1. The van der Waals surface area contributed by atoms with E-state index in [1.54, 1.807) is 17.0 Å². The largest absolute Gasteiger partial charge is 0.339 e. The number of piperazine rings is 1. The predicted molar refractivity (Wildman–Crippen MR) is 110 cm³/mol. The predicted octanol–water partition coefficient (Wildman–Crippen LogP) is 0.498. The molecule has 2 aromatic rings. The Hall–Kier alpha value is -1.85. The van der Waals surface area contributed by atoms with Crippen molar-refractivity contribution in [3.8, 4) is 11.3 Å². The molecule has 2 heterocycles. The summed E-state index contributed by atoms with van der Waals surface area (Å²) < 4.78 is 28.2. The van der Waals surface area contributed by atoms with Crippen LogP contribution in [0.4, 0.5) is 0 Å². The van der Waals surface area contributed by atoms with E-state index in [9.17, 15) is 13.2 Å². The molecule has 1 aromatic carbocycles.